The van der Waals surface area contributed by atoms with E-state index in [0.717, 1.165) is 28.3 Å². The molecule has 0 spiro atoms. The van der Waals surface area contributed by atoms with Gasteiger partial charge in [-0.25, -0.2) is 9.97 Å². The van der Waals surface area contributed by atoms with Crippen LogP contribution in [0.3, 0.4) is 0 Å². The maximum atomic E-state index is 4.54. The Bertz CT molecular complexity index is 883. The van der Waals surface area contributed by atoms with Gasteiger partial charge in [-0.2, -0.15) is 11.3 Å². The molecular weight excluding hydrogens is 294 g/mol. The molecule has 0 aliphatic heterocycles. The zero-order valence-corrected chi connectivity index (χ0v) is 12.5. The Balaban J connectivity index is 1.68. The van der Waals surface area contributed by atoms with Crippen LogP contribution in [-0.2, 0) is 6.54 Å². The molecule has 0 bridgehead atoms. The fourth-order valence-electron chi connectivity index (χ4n) is 2.36. The van der Waals surface area contributed by atoms with Gasteiger partial charge in [0.2, 0.25) is 0 Å². The van der Waals surface area contributed by atoms with E-state index >= 15 is 0 Å². The first-order chi connectivity index (χ1) is 10.9. The van der Waals surface area contributed by atoms with Gasteiger partial charge < -0.3 is 5.32 Å². The minimum atomic E-state index is 0.668. The molecule has 0 aromatic carbocycles. The number of thiophene rings is 1. The second-order valence-electron chi connectivity index (χ2n) is 4.84. The van der Waals surface area contributed by atoms with Crippen molar-refractivity contribution in [1.82, 2.24) is 19.4 Å². The van der Waals surface area contributed by atoms with E-state index in [1.54, 1.807) is 23.7 Å². The molecule has 0 aliphatic carbocycles. The average molecular weight is 307 g/mol. The highest BCUT2D eigenvalue weighted by Crippen LogP contribution is 2.25. The summed E-state index contributed by atoms with van der Waals surface area (Å²) in [6.07, 6.45) is 9.24. The molecule has 4 heterocycles. The van der Waals surface area contributed by atoms with Gasteiger partial charge in [-0.3, -0.25) is 9.38 Å². The van der Waals surface area contributed by atoms with Gasteiger partial charge in [0.1, 0.15) is 0 Å². The minimum Gasteiger partial charge on any atom is -0.363 e. The van der Waals surface area contributed by atoms with E-state index in [4.69, 9.17) is 0 Å². The summed E-state index contributed by atoms with van der Waals surface area (Å²) in [5.41, 5.74) is 4.13. The van der Waals surface area contributed by atoms with Crippen LogP contribution in [0.2, 0.25) is 0 Å². The van der Waals surface area contributed by atoms with E-state index in [1.807, 2.05) is 30.7 Å². The molecule has 0 saturated carbocycles. The molecule has 6 heteroatoms. The normalized spacial score (nSPS) is 10.9. The summed E-state index contributed by atoms with van der Waals surface area (Å²) in [5.74, 6) is 0.771. The lowest BCUT2D eigenvalue weighted by Gasteiger charge is -2.09. The van der Waals surface area contributed by atoms with E-state index in [0.29, 0.717) is 6.54 Å². The maximum Gasteiger partial charge on any atom is 0.180 e. The van der Waals surface area contributed by atoms with Gasteiger partial charge in [0, 0.05) is 42.3 Å². The number of anilines is 1. The van der Waals surface area contributed by atoms with E-state index in [-0.39, 0.29) is 0 Å². The molecule has 5 nitrogen and oxygen atoms in total. The number of hydrogen-bond acceptors (Lipinski definition) is 5. The van der Waals surface area contributed by atoms with Crippen molar-refractivity contribution in [3.8, 4) is 11.3 Å². The average Bonchev–Trinajstić information content (AvgIpc) is 3.25. The van der Waals surface area contributed by atoms with Gasteiger partial charge in [-0.05, 0) is 23.1 Å². The van der Waals surface area contributed by atoms with Crippen LogP contribution >= 0.6 is 11.3 Å². The molecule has 0 amide bonds. The highest BCUT2D eigenvalue weighted by Gasteiger charge is 2.10. The maximum absolute atomic E-state index is 4.54. The number of hydrogen-bond donors (Lipinski definition) is 1. The molecule has 0 fully saturated rings. The summed E-state index contributed by atoms with van der Waals surface area (Å²) >= 11 is 1.67. The zero-order valence-electron chi connectivity index (χ0n) is 11.7. The van der Waals surface area contributed by atoms with Crippen molar-refractivity contribution < 1.29 is 0 Å². The lowest BCUT2D eigenvalue weighted by atomic mass is 10.2. The fraction of sp³-hybridized carbons (Fsp3) is 0.0625. The minimum absolute atomic E-state index is 0.668. The summed E-state index contributed by atoms with van der Waals surface area (Å²) in [7, 11) is 0. The van der Waals surface area contributed by atoms with Crippen molar-refractivity contribution in [1.29, 1.82) is 0 Å². The van der Waals surface area contributed by atoms with Crippen molar-refractivity contribution in [2.45, 2.75) is 6.54 Å². The van der Waals surface area contributed by atoms with Gasteiger partial charge in [0.15, 0.2) is 11.5 Å². The predicted octanol–water partition coefficient (Wildman–Crippen LogP) is 3.46. The zero-order chi connectivity index (χ0) is 14.8. The third-order valence-electron chi connectivity index (χ3n) is 3.43. The van der Waals surface area contributed by atoms with Gasteiger partial charge in [0.25, 0.3) is 0 Å². The number of pyridine rings is 1. The van der Waals surface area contributed by atoms with Crippen LogP contribution in [0.25, 0.3) is 16.9 Å². The highest BCUT2D eigenvalue weighted by atomic mass is 32.1. The number of imidazole rings is 1. The number of aromatic nitrogens is 4. The Morgan fingerprint density at radius 1 is 1.14 bits per heavy atom. The lowest BCUT2D eigenvalue weighted by molar-refractivity contribution is 1.06. The topological polar surface area (TPSA) is 55.1 Å². The Morgan fingerprint density at radius 2 is 2.14 bits per heavy atom. The third kappa shape index (κ3) is 2.33. The number of rotatable bonds is 4. The van der Waals surface area contributed by atoms with Crippen molar-refractivity contribution >= 4 is 22.8 Å². The first-order valence-corrected chi connectivity index (χ1v) is 7.83. The van der Waals surface area contributed by atoms with Crippen LogP contribution in [0.5, 0.6) is 0 Å². The molecule has 22 heavy (non-hydrogen) atoms. The largest absolute Gasteiger partial charge is 0.363 e. The number of fused-ring (bicyclic) bond motifs is 1. The van der Waals surface area contributed by atoms with Crippen LogP contribution in [0, 0.1) is 0 Å². The summed E-state index contributed by atoms with van der Waals surface area (Å²) in [6.45, 7) is 0.668. The van der Waals surface area contributed by atoms with Crippen LogP contribution in [0.4, 0.5) is 5.82 Å². The Labute approximate surface area is 131 Å². The number of nitrogens with one attached hydrogen (secondary N) is 1. The molecule has 0 atom stereocenters. The molecule has 4 aromatic heterocycles. The second kappa shape index (κ2) is 5.57. The van der Waals surface area contributed by atoms with E-state index in [9.17, 15) is 0 Å². The summed E-state index contributed by atoms with van der Waals surface area (Å²) in [4.78, 5) is 13.1. The first-order valence-electron chi connectivity index (χ1n) is 6.89. The second-order valence-corrected chi connectivity index (χ2v) is 5.62. The highest BCUT2D eigenvalue weighted by molar-refractivity contribution is 7.08. The number of nitrogens with zero attached hydrogens (tertiary/aromatic N) is 4. The molecule has 108 valence electrons. The molecule has 1 N–H and O–H groups in total. The monoisotopic (exact) mass is 307 g/mol. The standard InChI is InChI=1S/C16H13N5S/c1-2-12(8-17-4-1)9-19-15-16-18-5-6-21(16)14(10-20-15)13-3-7-22-11-13/h1-8,10-11H,9H2,(H,19,20). The first kappa shape index (κ1) is 13.0. The molecule has 4 rings (SSSR count). The molecule has 0 saturated heterocycles. The summed E-state index contributed by atoms with van der Waals surface area (Å²) < 4.78 is 2.06. The molecule has 0 unspecified atom stereocenters. The smallest absolute Gasteiger partial charge is 0.180 e. The van der Waals surface area contributed by atoms with Gasteiger partial charge in [-0.15, -0.1) is 0 Å². The van der Waals surface area contributed by atoms with Crippen molar-refractivity contribution in [2.24, 2.45) is 0 Å². The Hall–Kier alpha value is -2.73. The lowest BCUT2D eigenvalue weighted by Crippen LogP contribution is -2.05. The van der Waals surface area contributed by atoms with E-state index in [2.05, 4.69) is 41.5 Å². The fourth-order valence-corrected chi connectivity index (χ4v) is 3.01. The SMILES string of the molecule is c1cncc(CNc2ncc(-c3ccsc3)n3ccnc23)c1. The summed E-state index contributed by atoms with van der Waals surface area (Å²) in [5, 5.41) is 7.50. The van der Waals surface area contributed by atoms with Crippen molar-refractivity contribution in [3.63, 3.8) is 0 Å². The Kier molecular flexibility index (Phi) is 3.29. The van der Waals surface area contributed by atoms with Gasteiger partial charge >= 0.3 is 0 Å². The van der Waals surface area contributed by atoms with Crippen molar-refractivity contribution in [2.75, 3.05) is 5.32 Å². The molecular formula is C16H13N5S. The van der Waals surface area contributed by atoms with E-state index in [1.165, 1.54) is 0 Å². The van der Waals surface area contributed by atoms with Crippen molar-refractivity contribution in [3.05, 3.63) is 65.5 Å². The quantitative estimate of drug-likeness (QED) is 0.627. The van der Waals surface area contributed by atoms with Gasteiger partial charge in [-0.1, -0.05) is 6.07 Å². The van der Waals surface area contributed by atoms with Gasteiger partial charge in [0.05, 0.1) is 11.9 Å². The van der Waals surface area contributed by atoms with Crippen LogP contribution in [0.15, 0.2) is 59.9 Å². The third-order valence-corrected chi connectivity index (χ3v) is 4.11. The van der Waals surface area contributed by atoms with E-state index < -0.39 is 0 Å². The molecule has 4 aromatic rings. The van der Waals surface area contributed by atoms with Crippen LogP contribution < -0.4 is 5.32 Å². The molecule has 0 aliphatic rings. The van der Waals surface area contributed by atoms with Crippen LogP contribution in [0.1, 0.15) is 5.56 Å². The Morgan fingerprint density at radius 3 is 2.95 bits per heavy atom. The summed E-state index contributed by atoms with van der Waals surface area (Å²) in [6, 6.07) is 6.04. The van der Waals surface area contributed by atoms with Crippen LogP contribution in [-0.4, -0.2) is 19.4 Å². The predicted molar refractivity (Wildman–Crippen MR) is 87.9 cm³/mol. The molecule has 0 radical (unpaired) electrons.